The molecule has 1 atom stereocenters. The summed E-state index contributed by atoms with van der Waals surface area (Å²) in [5, 5.41) is 0. The van der Waals surface area contributed by atoms with Crippen LogP contribution in [0.5, 0.6) is 0 Å². The first-order valence-electron chi connectivity index (χ1n) is 4.62. The molecule has 66 valence electrons. The van der Waals surface area contributed by atoms with Crippen LogP contribution in [0.2, 0.25) is 0 Å². The van der Waals surface area contributed by atoms with Gasteiger partial charge in [0, 0.05) is 0 Å². The molecule has 1 aliphatic rings. The molecule has 0 saturated carbocycles. The molecule has 0 aliphatic heterocycles. The molecule has 0 aromatic heterocycles. The highest BCUT2D eigenvalue weighted by Gasteiger charge is 2.11. The van der Waals surface area contributed by atoms with Gasteiger partial charge in [-0.3, -0.25) is 0 Å². The van der Waals surface area contributed by atoms with Crippen LogP contribution < -0.4 is 0 Å². The molecule has 12 heavy (non-hydrogen) atoms. The average Bonchev–Trinajstić information content (AvgIpc) is 2.53. The van der Waals surface area contributed by atoms with E-state index >= 15 is 0 Å². The Hall–Kier alpha value is -0.780. The van der Waals surface area contributed by atoms with Crippen LogP contribution in [0.4, 0.5) is 0 Å². The molecule has 0 aromatic rings. The van der Waals surface area contributed by atoms with Crippen molar-refractivity contribution in [1.82, 2.24) is 0 Å². The van der Waals surface area contributed by atoms with Crippen LogP contribution in [-0.2, 0) is 0 Å². The Balaban J connectivity index is 2.72. The lowest BCUT2D eigenvalue weighted by atomic mass is 9.90. The van der Waals surface area contributed by atoms with E-state index in [0.29, 0.717) is 5.92 Å². The molecule has 0 bridgehead atoms. The average molecular weight is 162 g/mol. The van der Waals surface area contributed by atoms with Crippen LogP contribution in [0.25, 0.3) is 0 Å². The molecule has 0 amide bonds. The normalized spacial score (nSPS) is 17.5. The minimum Gasteiger partial charge on any atom is -0.0804 e. The molecule has 0 aromatic carbocycles. The first-order valence-corrected chi connectivity index (χ1v) is 4.62. The van der Waals surface area contributed by atoms with Crippen LogP contribution in [0.1, 0.15) is 34.1 Å². The Morgan fingerprint density at radius 1 is 1.33 bits per heavy atom. The third-order valence-corrected chi connectivity index (χ3v) is 2.79. The number of rotatable bonds is 2. The highest BCUT2D eigenvalue weighted by molar-refractivity contribution is 5.30. The second-order valence-corrected chi connectivity index (χ2v) is 3.78. The van der Waals surface area contributed by atoms with E-state index in [1.54, 1.807) is 5.57 Å². The largest absolute Gasteiger partial charge is 0.0804 e. The molecular weight excluding hydrogens is 144 g/mol. The fourth-order valence-corrected chi connectivity index (χ4v) is 1.50. The zero-order valence-electron chi connectivity index (χ0n) is 8.52. The SMILES string of the molecule is CC(C)=C(C)C(C)C1=CC=CC1. The van der Waals surface area contributed by atoms with Gasteiger partial charge < -0.3 is 0 Å². The quantitative estimate of drug-likeness (QED) is 0.541. The van der Waals surface area contributed by atoms with Crippen LogP contribution >= 0.6 is 0 Å². The molecular formula is C12H18. The molecule has 1 aliphatic carbocycles. The molecule has 0 nitrogen and oxygen atoms in total. The van der Waals surface area contributed by atoms with Gasteiger partial charge in [-0.2, -0.15) is 0 Å². The topological polar surface area (TPSA) is 0 Å². The lowest BCUT2D eigenvalue weighted by Crippen LogP contribution is -2.00. The van der Waals surface area contributed by atoms with Gasteiger partial charge in [0.05, 0.1) is 0 Å². The van der Waals surface area contributed by atoms with E-state index < -0.39 is 0 Å². The molecule has 1 rings (SSSR count). The smallest absolute Gasteiger partial charge is 0.00155 e. The third-order valence-electron chi connectivity index (χ3n) is 2.79. The zero-order valence-corrected chi connectivity index (χ0v) is 8.52. The molecule has 0 radical (unpaired) electrons. The molecule has 0 heteroatoms. The minimum absolute atomic E-state index is 0.630. The van der Waals surface area contributed by atoms with E-state index in [1.807, 2.05) is 0 Å². The maximum atomic E-state index is 2.29. The van der Waals surface area contributed by atoms with E-state index in [4.69, 9.17) is 0 Å². The van der Waals surface area contributed by atoms with Crippen molar-refractivity contribution in [3.63, 3.8) is 0 Å². The highest BCUT2D eigenvalue weighted by atomic mass is 14.2. The predicted molar refractivity (Wildman–Crippen MR) is 55.1 cm³/mol. The van der Waals surface area contributed by atoms with Crippen LogP contribution in [0.15, 0.2) is 34.9 Å². The van der Waals surface area contributed by atoms with Crippen molar-refractivity contribution in [3.05, 3.63) is 34.9 Å². The first-order chi connectivity index (χ1) is 5.63. The lowest BCUT2D eigenvalue weighted by molar-refractivity contribution is 0.770. The van der Waals surface area contributed by atoms with Crippen molar-refractivity contribution in [1.29, 1.82) is 0 Å². The summed E-state index contributed by atoms with van der Waals surface area (Å²) in [7, 11) is 0. The number of hydrogen-bond acceptors (Lipinski definition) is 0. The summed E-state index contributed by atoms with van der Waals surface area (Å²) in [6.07, 6.45) is 7.77. The molecule has 1 unspecified atom stereocenters. The fourth-order valence-electron chi connectivity index (χ4n) is 1.50. The number of hydrogen-bond donors (Lipinski definition) is 0. The van der Waals surface area contributed by atoms with E-state index in [0.717, 1.165) is 6.42 Å². The van der Waals surface area contributed by atoms with Crippen molar-refractivity contribution >= 4 is 0 Å². The molecule has 0 fully saturated rings. The van der Waals surface area contributed by atoms with Crippen LogP contribution in [0, 0.1) is 5.92 Å². The van der Waals surface area contributed by atoms with Gasteiger partial charge in [-0.15, -0.1) is 0 Å². The molecule has 0 saturated heterocycles. The lowest BCUT2D eigenvalue weighted by Gasteiger charge is -2.15. The van der Waals surface area contributed by atoms with E-state index in [-0.39, 0.29) is 0 Å². The van der Waals surface area contributed by atoms with Crippen LogP contribution in [0.3, 0.4) is 0 Å². The van der Waals surface area contributed by atoms with Crippen molar-refractivity contribution in [3.8, 4) is 0 Å². The van der Waals surface area contributed by atoms with E-state index in [1.165, 1.54) is 11.1 Å². The van der Waals surface area contributed by atoms with Gasteiger partial charge in [-0.05, 0) is 33.1 Å². The Morgan fingerprint density at radius 3 is 2.42 bits per heavy atom. The van der Waals surface area contributed by atoms with Crippen molar-refractivity contribution in [2.45, 2.75) is 34.1 Å². The minimum atomic E-state index is 0.630. The molecule has 0 N–H and O–H groups in total. The van der Waals surface area contributed by atoms with Gasteiger partial charge in [0.2, 0.25) is 0 Å². The van der Waals surface area contributed by atoms with Crippen LogP contribution in [-0.4, -0.2) is 0 Å². The Morgan fingerprint density at radius 2 is 2.00 bits per heavy atom. The second-order valence-electron chi connectivity index (χ2n) is 3.78. The van der Waals surface area contributed by atoms with Crippen molar-refractivity contribution in [2.75, 3.05) is 0 Å². The summed E-state index contributed by atoms with van der Waals surface area (Å²) < 4.78 is 0. The summed E-state index contributed by atoms with van der Waals surface area (Å²) in [6.45, 7) is 8.91. The van der Waals surface area contributed by atoms with Gasteiger partial charge in [-0.25, -0.2) is 0 Å². The summed E-state index contributed by atoms with van der Waals surface area (Å²) in [6, 6.07) is 0. The van der Waals surface area contributed by atoms with Gasteiger partial charge in [0.1, 0.15) is 0 Å². The molecule has 0 heterocycles. The fraction of sp³-hybridized carbons (Fsp3) is 0.500. The summed E-state index contributed by atoms with van der Waals surface area (Å²) in [5.41, 5.74) is 4.52. The van der Waals surface area contributed by atoms with Crippen molar-refractivity contribution < 1.29 is 0 Å². The summed E-state index contributed by atoms with van der Waals surface area (Å²) >= 11 is 0. The number of allylic oxidation sites excluding steroid dienone is 6. The Kier molecular flexibility index (Phi) is 2.91. The zero-order chi connectivity index (χ0) is 9.14. The highest BCUT2D eigenvalue weighted by Crippen LogP contribution is 2.27. The maximum absolute atomic E-state index is 2.29. The van der Waals surface area contributed by atoms with E-state index in [2.05, 4.69) is 45.9 Å². The third kappa shape index (κ3) is 1.88. The van der Waals surface area contributed by atoms with Gasteiger partial charge in [-0.1, -0.05) is 41.9 Å². The van der Waals surface area contributed by atoms with Gasteiger partial charge >= 0.3 is 0 Å². The predicted octanol–water partition coefficient (Wildman–Crippen LogP) is 3.87. The standard InChI is InChI=1S/C12H18/c1-9(2)10(3)11(4)12-7-5-6-8-12/h5-7,11H,8H2,1-4H3. The Labute approximate surface area is 75.7 Å². The summed E-state index contributed by atoms with van der Waals surface area (Å²) in [4.78, 5) is 0. The van der Waals surface area contributed by atoms with Crippen molar-refractivity contribution in [2.24, 2.45) is 5.92 Å². The first kappa shape index (κ1) is 9.31. The maximum Gasteiger partial charge on any atom is -0.00155 e. The summed E-state index contributed by atoms with van der Waals surface area (Å²) in [5.74, 6) is 0.630. The Bertz CT molecular complexity index is 247. The monoisotopic (exact) mass is 162 g/mol. The molecule has 0 spiro atoms. The van der Waals surface area contributed by atoms with Gasteiger partial charge in [0.15, 0.2) is 0 Å². The second kappa shape index (κ2) is 3.75. The van der Waals surface area contributed by atoms with Gasteiger partial charge in [0.25, 0.3) is 0 Å². The van der Waals surface area contributed by atoms with E-state index in [9.17, 15) is 0 Å².